The molecule has 0 amide bonds. The van der Waals surface area contributed by atoms with Crippen LogP contribution in [0.1, 0.15) is 52.4 Å². The third-order valence-corrected chi connectivity index (χ3v) is 2.47. The first-order valence-corrected chi connectivity index (χ1v) is 5.65. The van der Waals surface area contributed by atoms with Crippen molar-refractivity contribution in [2.24, 2.45) is 0 Å². The smallest absolute Gasteiger partial charge is 0.184 e. The van der Waals surface area contributed by atoms with Gasteiger partial charge in [0.2, 0.25) is 0 Å². The molecule has 2 atom stereocenters. The van der Waals surface area contributed by atoms with Crippen molar-refractivity contribution >= 4 is 0 Å². The fourth-order valence-electron chi connectivity index (χ4n) is 1.47. The third-order valence-electron chi connectivity index (χ3n) is 2.47. The van der Waals surface area contributed by atoms with Crippen molar-refractivity contribution in [3.63, 3.8) is 0 Å². The van der Waals surface area contributed by atoms with Crippen molar-refractivity contribution in [1.29, 1.82) is 0 Å². The molecule has 1 saturated heterocycles. The second-order valence-corrected chi connectivity index (χ2v) is 3.74. The molecule has 0 spiro atoms. The molecule has 0 aromatic heterocycles. The third kappa shape index (κ3) is 4.63. The SMILES string of the molecule is CCCCCCCOC1OC1CC. The summed E-state index contributed by atoms with van der Waals surface area (Å²) < 4.78 is 10.8. The summed E-state index contributed by atoms with van der Waals surface area (Å²) in [5.74, 6) is 0. The molecule has 0 saturated carbocycles. The Morgan fingerprint density at radius 2 is 1.85 bits per heavy atom. The van der Waals surface area contributed by atoms with E-state index in [0.29, 0.717) is 6.10 Å². The van der Waals surface area contributed by atoms with E-state index in [-0.39, 0.29) is 6.29 Å². The lowest BCUT2D eigenvalue weighted by atomic mass is 10.2. The lowest BCUT2D eigenvalue weighted by Gasteiger charge is -2.00. The number of epoxide rings is 1. The fraction of sp³-hybridized carbons (Fsp3) is 1.00. The summed E-state index contributed by atoms with van der Waals surface area (Å²) >= 11 is 0. The second kappa shape index (κ2) is 6.39. The largest absolute Gasteiger partial charge is 0.350 e. The molecule has 0 aromatic rings. The van der Waals surface area contributed by atoms with Gasteiger partial charge in [0.25, 0.3) is 0 Å². The maximum Gasteiger partial charge on any atom is 0.184 e. The van der Waals surface area contributed by atoms with Crippen molar-refractivity contribution < 1.29 is 9.47 Å². The molecular formula is C11H22O2. The van der Waals surface area contributed by atoms with E-state index >= 15 is 0 Å². The molecular weight excluding hydrogens is 164 g/mol. The molecule has 1 fully saturated rings. The molecule has 2 heteroatoms. The summed E-state index contributed by atoms with van der Waals surface area (Å²) in [6, 6.07) is 0. The highest BCUT2D eigenvalue weighted by molar-refractivity contribution is 4.74. The van der Waals surface area contributed by atoms with Gasteiger partial charge >= 0.3 is 0 Å². The Balaban J connectivity index is 1.75. The predicted molar refractivity (Wildman–Crippen MR) is 53.7 cm³/mol. The van der Waals surface area contributed by atoms with E-state index in [1.807, 2.05) is 0 Å². The molecule has 0 N–H and O–H groups in total. The Morgan fingerprint density at radius 1 is 1.08 bits per heavy atom. The number of rotatable bonds is 8. The quantitative estimate of drug-likeness (QED) is 0.429. The monoisotopic (exact) mass is 186 g/mol. The molecule has 1 rings (SSSR count). The highest BCUT2D eigenvalue weighted by Crippen LogP contribution is 2.25. The van der Waals surface area contributed by atoms with Crippen LogP contribution in [0.5, 0.6) is 0 Å². The van der Waals surface area contributed by atoms with E-state index in [4.69, 9.17) is 9.47 Å². The Bertz CT molecular complexity index is 125. The van der Waals surface area contributed by atoms with Crippen molar-refractivity contribution in [2.45, 2.75) is 64.8 Å². The Morgan fingerprint density at radius 3 is 2.46 bits per heavy atom. The minimum atomic E-state index is 0.135. The van der Waals surface area contributed by atoms with Crippen LogP contribution >= 0.6 is 0 Å². The van der Waals surface area contributed by atoms with Gasteiger partial charge in [-0.05, 0) is 12.8 Å². The zero-order valence-electron chi connectivity index (χ0n) is 8.92. The van der Waals surface area contributed by atoms with Gasteiger partial charge in [-0.1, -0.05) is 39.5 Å². The van der Waals surface area contributed by atoms with Gasteiger partial charge in [0.15, 0.2) is 6.29 Å². The van der Waals surface area contributed by atoms with Gasteiger partial charge in [0.05, 0.1) is 0 Å². The molecule has 1 heterocycles. The van der Waals surface area contributed by atoms with Crippen LogP contribution in [-0.4, -0.2) is 19.0 Å². The van der Waals surface area contributed by atoms with Crippen molar-refractivity contribution in [2.75, 3.05) is 6.61 Å². The van der Waals surface area contributed by atoms with E-state index in [2.05, 4.69) is 13.8 Å². The van der Waals surface area contributed by atoms with Crippen LogP contribution in [0.2, 0.25) is 0 Å². The molecule has 2 unspecified atom stereocenters. The average Bonchev–Trinajstić information content (AvgIpc) is 2.90. The molecule has 78 valence electrons. The first-order valence-electron chi connectivity index (χ1n) is 5.65. The summed E-state index contributed by atoms with van der Waals surface area (Å²) in [4.78, 5) is 0. The van der Waals surface area contributed by atoms with Gasteiger partial charge in [0, 0.05) is 6.61 Å². The van der Waals surface area contributed by atoms with E-state index in [9.17, 15) is 0 Å². The van der Waals surface area contributed by atoms with Gasteiger partial charge in [-0.15, -0.1) is 0 Å². The highest BCUT2D eigenvalue weighted by atomic mass is 16.8. The van der Waals surface area contributed by atoms with E-state index in [0.717, 1.165) is 13.0 Å². The van der Waals surface area contributed by atoms with E-state index < -0.39 is 0 Å². The molecule has 0 bridgehead atoms. The minimum absolute atomic E-state index is 0.135. The van der Waals surface area contributed by atoms with E-state index in [1.54, 1.807) is 0 Å². The second-order valence-electron chi connectivity index (χ2n) is 3.74. The maximum atomic E-state index is 5.51. The molecule has 0 radical (unpaired) electrons. The van der Waals surface area contributed by atoms with Crippen molar-refractivity contribution in [3.05, 3.63) is 0 Å². The van der Waals surface area contributed by atoms with Gasteiger partial charge in [-0.2, -0.15) is 0 Å². The summed E-state index contributed by atoms with van der Waals surface area (Å²) in [6.07, 6.45) is 8.13. The lowest BCUT2D eigenvalue weighted by molar-refractivity contribution is 0.0478. The molecule has 2 nitrogen and oxygen atoms in total. The molecule has 1 aliphatic rings. The predicted octanol–water partition coefficient (Wildman–Crippen LogP) is 3.11. The number of unbranched alkanes of at least 4 members (excludes halogenated alkanes) is 4. The summed E-state index contributed by atoms with van der Waals surface area (Å²) in [7, 11) is 0. The van der Waals surface area contributed by atoms with Gasteiger partial charge < -0.3 is 9.47 Å². The highest BCUT2D eigenvalue weighted by Gasteiger charge is 2.37. The molecule has 1 aliphatic heterocycles. The van der Waals surface area contributed by atoms with Gasteiger partial charge in [0.1, 0.15) is 6.10 Å². The zero-order valence-corrected chi connectivity index (χ0v) is 8.92. The number of ether oxygens (including phenoxy) is 2. The van der Waals surface area contributed by atoms with Crippen LogP contribution in [0.3, 0.4) is 0 Å². The van der Waals surface area contributed by atoms with E-state index in [1.165, 1.54) is 32.1 Å². The average molecular weight is 186 g/mol. The zero-order chi connectivity index (χ0) is 9.52. The fourth-order valence-corrected chi connectivity index (χ4v) is 1.47. The summed E-state index contributed by atoms with van der Waals surface area (Å²) in [5, 5.41) is 0. The van der Waals surface area contributed by atoms with Crippen LogP contribution in [0.15, 0.2) is 0 Å². The molecule has 0 aliphatic carbocycles. The molecule has 0 aromatic carbocycles. The number of hydrogen-bond acceptors (Lipinski definition) is 2. The van der Waals surface area contributed by atoms with Crippen LogP contribution in [-0.2, 0) is 9.47 Å². The van der Waals surface area contributed by atoms with Crippen LogP contribution < -0.4 is 0 Å². The van der Waals surface area contributed by atoms with Gasteiger partial charge in [-0.3, -0.25) is 0 Å². The van der Waals surface area contributed by atoms with Crippen molar-refractivity contribution in [1.82, 2.24) is 0 Å². The normalized spacial score (nSPS) is 26.3. The maximum absolute atomic E-state index is 5.51. The molecule has 13 heavy (non-hydrogen) atoms. The number of hydrogen-bond donors (Lipinski definition) is 0. The first kappa shape index (κ1) is 11.0. The Hall–Kier alpha value is -0.0800. The van der Waals surface area contributed by atoms with Gasteiger partial charge in [-0.25, -0.2) is 0 Å². The van der Waals surface area contributed by atoms with Crippen molar-refractivity contribution in [3.8, 4) is 0 Å². The standard InChI is InChI=1S/C11H22O2/c1-3-5-6-7-8-9-12-11-10(4-2)13-11/h10-11H,3-9H2,1-2H3. The van der Waals surface area contributed by atoms with Crippen LogP contribution in [0, 0.1) is 0 Å². The Kier molecular flexibility index (Phi) is 5.40. The van der Waals surface area contributed by atoms with Crippen LogP contribution in [0.4, 0.5) is 0 Å². The Labute approximate surface area is 81.6 Å². The summed E-state index contributed by atoms with van der Waals surface area (Å²) in [6.45, 7) is 5.25. The first-order chi connectivity index (χ1) is 6.38. The topological polar surface area (TPSA) is 21.8 Å². The summed E-state index contributed by atoms with van der Waals surface area (Å²) in [5.41, 5.74) is 0. The van der Waals surface area contributed by atoms with Crippen LogP contribution in [0.25, 0.3) is 0 Å². The minimum Gasteiger partial charge on any atom is -0.350 e. The lowest BCUT2D eigenvalue weighted by Crippen LogP contribution is -2.01.